The molecule has 0 radical (unpaired) electrons. The van der Waals surface area contributed by atoms with Gasteiger partial charge in [0.2, 0.25) is 5.91 Å². The molecule has 1 N–H and O–H groups in total. The van der Waals surface area contributed by atoms with Crippen molar-refractivity contribution in [2.24, 2.45) is 0 Å². The number of para-hydroxylation sites is 1. The van der Waals surface area contributed by atoms with E-state index in [-0.39, 0.29) is 11.9 Å². The van der Waals surface area contributed by atoms with Crippen molar-refractivity contribution in [3.8, 4) is 17.2 Å². The zero-order valence-corrected chi connectivity index (χ0v) is 17.3. The second kappa shape index (κ2) is 10.6. The molecule has 28 heavy (non-hydrogen) atoms. The minimum Gasteiger partial charge on any atom is -0.496 e. The quantitative estimate of drug-likeness (QED) is 0.680. The molecule has 1 amide bonds. The third-order valence-corrected chi connectivity index (χ3v) is 4.81. The number of amides is 1. The molecule has 2 rings (SSSR count). The number of benzene rings is 2. The van der Waals surface area contributed by atoms with E-state index in [9.17, 15) is 4.79 Å². The number of nitrogens with zero attached hydrogens (tertiary/aromatic N) is 1. The summed E-state index contributed by atoms with van der Waals surface area (Å²) in [5.41, 5.74) is 2.13. The van der Waals surface area contributed by atoms with E-state index in [4.69, 9.17) is 14.2 Å². The van der Waals surface area contributed by atoms with Crippen LogP contribution in [0.2, 0.25) is 0 Å². The van der Waals surface area contributed by atoms with Gasteiger partial charge >= 0.3 is 0 Å². The predicted octanol–water partition coefficient (Wildman–Crippen LogP) is 2.89. The summed E-state index contributed by atoms with van der Waals surface area (Å²) in [4.78, 5) is 14.5. The summed E-state index contributed by atoms with van der Waals surface area (Å²) >= 11 is 0. The topological polar surface area (TPSA) is 60.0 Å². The Hall–Kier alpha value is -2.73. The molecule has 0 saturated carbocycles. The van der Waals surface area contributed by atoms with Crippen molar-refractivity contribution in [3.63, 3.8) is 0 Å². The molecular formula is C22H30N2O4. The normalized spacial score (nSPS) is 11.8. The largest absolute Gasteiger partial charge is 0.496 e. The fourth-order valence-corrected chi connectivity index (χ4v) is 2.95. The fraction of sp³-hybridized carbons (Fsp3) is 0.409. The highest BCUT2D eigenvalue weighted by atomic mass is 16.5. The van der Waals surface area contributed by atoms with E-state index in [1.54, 1.807) is 21.3 Å². The van der Waals surface area contributed by atoms with Crippen molar-refractivity contribution >= 4 is 5.91 Å². The van der Waals surface area contributed by atoms with Crippen LogP contribution in [0.4, 0.5) is 0 Å². The molecule has 152 valence electrons. The Morgan fingerprint density at radius 3 is 2.36 bits per heavy atom. The van der Waals surface area contributed by atoms with Gasteiger partial charge < -0.3 is 19.5 Å². The molecule has 2 aromatic rings. The van der Waals surface area contributed by atoms with Gasteiger partial charge in [-0.1, -0.05) is 24.3 Å². The van der Waals surface area contributed by atoms with Crippen LogP contribution in [0.15, 0.2) is 42.5 Å². The van der Waals surface area contributed by atoms with Crippen LogP contribution in [0.1, 0.15) is 18.1 Å². The minimum absolute atomic E-state index is 0.00197. The third kappa shape index (κ3) is 5.63. The zero-order chi connectivity index (χ0) is 20.5. The maximum Gasteiger partial charge on any atom is 0.237 e. The number of methoxy groups -OCH3 is 3. The van der Waals surface area contributed by atoms with E-state index < -0.39 is 0 Å². The lowest BCUT2D eigenvalue weighted by Gasteiger charge is -2.24. The molecule has 1 unspecified atom stereocenters. The maximum atomic E-state index is 12.5. The molecule has 0 aliphatic carbocycles. The predicted molar refractivity (Wildman–Crippen MR) is 110 cm³/mol. The Balaban J connectivity index is 1.86. The highest BCUT2D eigenvalue weighted by Gasteiger charge is 2.19. The number of carbonyl (C=O) groups excluding carboxylic acids is 1. The van der Waals surface area contributed by atoms with Gasteiger partial charge in [-0.2, -0.15) is 0 Å². The molecule has 2 aromatic carbocycles. The summed E-state index contributed by atoms with van der Waals surface area (Å²) in [6.45, 7) is 3.09. The lowest BCUT2D eigenvalue weighted by atomic mass is 10.1. The van der Waals surface area contributed by atoms with Gasteiger partial charge in [-0.15, -0.1) is 0 Å². The summed E-state index contributed by atoms with van der Waals surface area (Å²) in [6.07, 6.45) is 0.717. The molecule has 0 spiro atoms. The van der Waals surface area contributed by atoms with E-state index in [0.717, 1.165) is 23.3 Å². The summed E-state index contributed by atoms with van der Waals surface area (Å²) in [7, 11) is 6.82. The first kappa shape index (κ1) is 21.6. The van der Waals surface area contributed by atoms with E-state index >= 15 is 0 Å². The van der Waals surface area contributed by atoms with Crippen molar-refractivity contribution in [1.82, 2.24) is 10.2 Å². The van der Waals surface area contributed by atoms with E-state index in [1.165, 1.54) is 0 Å². The van der Waals surface area contributed by atoms with Gasteiger partial charge in [0.05, 0.1) is 27.4 Å². The lowest BCUT2D eigenvalue weighted by molar-refractivity contribution is -0.125. The monoisotopic (exact) mass is 386 g/mol. The third-order valence-electron chi connectivity index (χ3n) is 4.81. The van der Waals surface area contributed by atoms with E-state index in [0.29, 0.717) is 24.6 Å². The number of nitrogens with one attached hydrogen (secondary N) is 1. The Kier molecular flexibility index (Phi) is 8.14. The first-order chi connectivity index (χ1) is 13.5. The van der Waals surface area contributed by atoms with Gasteiger partial charge in [0.15, 0.2) is 11.5 Å². The van der Waals surface area contributed by atoms with Crippen LogP contribution in [-0.4, -0.2) is 51.8 Å². The summed E-state index contributed by atoms with van der Waals surface area (Å²) in [5.74, 6) is 2.21. The molecule has 0 fully saturated rings. The number of hydrogen-bond donors (Lipinski definition) is 1. The first-order valence-corrected chi connectivity index (χ1v) is 9.30. The van der Waals surface area contributed by atoms with Gasteiger partial charge in [-0.3, -0.25) is 9.69 Å². The average Bonchev–Trinajstić information content (AvgIpc) is 2.73. The van der Waals surface area contributed by atoms with Crippen LogP contribution in [0.25, 0.3) is 0 Å². The van der Waals surface area contributed by atoms with Crippen molar-refractivity contribution < 1.29 is 19.0 Å². The molecular weight excluding hydrogens is 356 g/mol. The van der Waals surface area contributed by atoms with Gasteiger partial charge in [-0.25, -0.2) is 0 Å². The number of rotatable bonds is 10. The number of hydrogen-bond acceptors (Lipinski definition) is 5. The van der Waals surface area contributed by atoms with Crippen molar-refractivity contribution in [2.45, 2.75) is 25.9 Å². The first-order valence-electron chi connectivity index (χ1n) is 9.30. The highest BCUT2D eigenvalue weighted by molar-refractivity contribution is 5.81. The van der Waals surface area contributed by atoms with Gasteiger partial charge in [-0.05, 0) is 44.2 Å². The standard InChI is InChI=1S/C22H30N2O4/c1-16(24(2)15-18-8-6-7-9-19(18)26-3)22(25)23-13-12-17-10-11-20(27-4)21(14-17)28-5/h6-11,14,16H,12-13,15H2,1-5H3,(H,23,25). The maximum absolute atomic E-state index is 12.5. The van der Waals surface area contributed by atoms with Crippen molar-refractivity contribution in [1.29, 1.82) is 0 Å². The summed E-state index contributed by atoms with van der Waals surface area (Å²) in [6, 6.07) is 13.4. The number of ether oxygens (including phenoxy) is 3. The molecule has 1 atom stereocenters. The highest BCUT2D eigenvalue weighted by Crippen LogP contribution is 2.27. The van der Waals surface area contributed by atoms with Gasteiger partial charge in [0.1, 0.15) is 5.75 Å². The Morgan fingerprint density at radius 2 is 1.68 bits per heavy atom. The second-order valence-corrected chi connectivity index (χ2v) is 6.63. The van der Waals surface area contributed by atoms with Crippen LogP contribution in [0.3, 0.4) is 0 Å². The van der Waals surface area contributed by atoms with Crippen LogP contribution in [0.5, 0.6) is 17.2 Å². The van der Waals surface area contributed by atoms with E-state index in [1.807, 2.05) is 61.3 Å². The SMILES string of the molecule is COc1ccccc1CN(C)C(C)C(=O)NCCc1ccc(OC)c(OC)c1. The van der Waals surface area contributed by atoms with Crippen LogP contribution in [-0.2, 0) is 17.8 Å². The average molecular weight is 386 g/mol. The van der Waals surface area contributed by atoms with Crippen LogP contribution >= 0.6 is 0 Å². The second-order valence-electron chi connectivity index (χ2n) is 6.63. The molecule has 0 aromatic heterocycles. The molecule has 0 heterocycles. The fourth-order valence-electron chi connectivity index (χ4n) is 2.95. The van der Waals surface area contributed by atoms with Crippen LogP contribution < -0.4 is 19.5 Å². The van der Waals surface area contributed by atoms with Crippen molar-refractivity contribution in [3.05, 3.63) is 53.6 Å². The number of likely N-dealkylation sites (N-methyl/N-ethyl adjacent to an activating group) is 1. The summed E-state index contributed by atoms with van der Waals surface area (Å²) in [5, 5.41) is 3.01. The van der Waals surface area contributed by atoms with Gasteiger partial charge in [0.25, 0.3) is 0 Å². The Bertz CT molecular complexity index is 779. The van der Waals surface area contributed by atoms with Gasteiger partial charge in [0, 0.05) is 18.7 Å². The zero-order valence-electron chi connectivity index (χ0n) is 17.3. The molecule has 0 bridgehead atoms. The van der Waals surface area contributed by atoms with Crippen LogP contribution in [0, 0.1) is 0 Å². The summed E-state index contributed by atoms with van der Waals surface area (Å²) < 4.78 is 16.0. The Labute approximate surface area is 167 Å². The minimum atomic E-state index is -0.254. The molecule has 6 nitrogen and oxygen atoms in total. The van der Waals surface area contributed by atoms with Crippen molar-refractivity contribution in [2.75, 3.05) is 34.9 Å². The molecule has 0 saturated heterocycles. The molecule has 6 heteroatoms. The number of carbonyl (C=O) groups is 1. The molecule has 0 aliphatic heterocycles. The molecule has 0 aliphatic rings. The Morgan fingerprint density at radius 1 is 1.00 bits per heavy atom. The smallest absolute Gasteiger partial charge is 0.237 e. The van der Waals surface area contributed by atoms with E-state index in [2.05, 4.69) is 5.32 Å². The lowest BCUT2D eigenvalue weighted by Crippen LogP contribution is -2.43.